The van der Waals surface area contributed by atoms with Crippen molar-refractivity contribution in [3.8, 4) is 0 Å². The van der Waals surface area contributed by atoms with Gasteiger partial charge in [0.25, 0.3) is 0 Å². The van der Waals surface area contributed by atoms with Crippen LogP contribution in [0.25, 0.3) is 0 Å². The van der Waals surface area contributed by atoms with Crippen molar-refractivity contribution in [2.24, 2.45) is 0 Å². The molecule has 0 bridgehead atoms. The third-order valence-corrected chi connectivity index (χ3v) is 6.72. The van der Waals surface area contributed by atoms with Gasteiger partial charge < -0.3 is 4.90 Å². The molecule has 4 rings (SSSR count). The first-order chi connectivity index (χ1) is 13.7. The number of anilines is 1. The molecule has 0 radical (unpaired) electrons. The number of rotatable bonds is 5. The van der Waals surface area contributed by atoms with Crippen LogP contribution < -0.4 is 4.90 Å². The Morgan fingerprint density at radius 3 is 2.82 bits per heavy atom. The lowest BCUT2D eigenvalue weighted by molar-refractivity contribution is -0.116. The van der Waals surface area contributed by atoms with Gasteiger partial charge in [-0.05, 0) is 34.5 Å². The summed E-state index contributed by atoms with van der Waals surface area (Å²) < 4.78 is 1.74. The van der Waals surface area contributed by atoms with Crippen molar-refractivity contribution >= 4 is 35.1 Å². The van der Waals surface area contributed by atoms with E-state index in [9.17, 15) is 4.79 Å². The lowest BCUT2D eigenvalue weighted by atomic mass is 10.2. The first-order valence-corrected chi connectivity index (χ1v) is 11.1. The number of hydrogen-bond acceptors (Lipinski definition) is 6. The van der Waals surface area contributed by atoms with E-state index >= 15 is 0 Å². The number of benzene rings is 2. The summed E-state index contributed by atoms with van der Waals surface area (Å²) in [4.78, 5) is 16.1. The number of nitrogens with zero attached hydrogens (tertiary/aromatic N) is 5. The summed E-state index contributed by atoms with van der Waals surface area (Å²) in [5, 5.41) is 13.1. The van der Waals surface area contributed by atoms with Gasteiger partial charge in [-0.15, -0.1) is 16.9 Å². The van der Waals surface area contributed by atoms with Crippen molar-refractivity contribution in [1.29, 1.82) is 0 Å². The summed E-state index contributed by atoms with van der Waals surface area (Å²) in [7, 11) is 0. The quantitative estimate of drug-likeness (QED) is 0.596. The minimum Gasteiger partial charge on any atom is -0.311 e. The Morgan fingerprint density at radius 2 is 1.96 bits per heavy atom. The molecule has 2 aromatic carbocycles. The van der Waals surface area contributed by atoms with Crippen LogP contribution in [0.5, 0.6) is 0 Å². The van der Waals surface area contributed by atoms with Gasteiger partial charge in [0.2, 0.25) is 11.1 Å². The van der Waals surface area contributed by atoms with E-state index in [2.05, 4.69) is 28.5 Å². The smallest absolute Gasteiger partial charge is 0.237 e. The Morgan fingerprint density at radius 1 is 1.18 bits per heavy atom. The highest BCUT2D eigenvalue weighted by Gasteiger charge is 2.24. The van der Waals surface area contributed by atoms with E-state index in [1.807, 2.05) is 65.2 Å². The topological polar surface area (TPSA) is 63.9 Å². The molecule has 28 heavy (non-hydrogen) atoms. The van der Waals surface area contributed by atoms with Gasteiger partial charge >= 0.3 is 0 Å². The molecule has 0 N–H and O–H groups in total. The maximum absolute atomic E-state index is 13.0. The van der Waals surface area contributed by atoms with Gasteiger partial charge in [-0.1, -0.05) is 61.2 Å². The number of tetrazole rings is 1. The standard InChI is InChI=1S/C20H21N5OS2/c1-15-11-12-24(17-9-5-6-10-18(17)28-15)19(26)14-27-20-21-22-23-25(20)13-16-7-3-2-4-8-16/h2-10,15H,11-14H2,1H3. The molecule has 0 saturated heterocycles. The van der Waals surface area contributed by atoms with Crippen LogP contribution in [0.1, 0.15) is 18.9 Å². The van der Waals surface area contributed by atoms with E-state index in [4.69, 9.17) is 0 Å². The average molecular weight is 412 g/mol. The van der Waals surface area contributed by atoms with Crippen LogP contribution in [-0.2, 0) is 11.3 Å². The fraction of sp³-hybridized carbons (Fsp3) is 0.300. The summed E-state index contributed by atoms with van der Waals surface area (Å²) >= 11 is 3.22. The second kappa shape index (κ2) is 8.79. The van der Waals surface area contributed by atoms with E-state index in [0.717, 1.165) is 24.2 Å². The summed E-state index contributed by atoms with van der Waals surface area (Å²) in [6.45, 7) is 3.53. The van der Waals surface area contributed by atoms with E-state index in [0.29, 0.717) is 22.7 Å². The molecular weight excluding hydrogens is 390 g/mol. The second-order valence-corrected chi connectivity index (χ2v) is 9.05. The lowest BCUT2D eigenvalue weighted by Gasteiger charge is -2.22. The summed E-state index contributed by atoms with van der Waals surface area (Å²) in [5.41, 5.74) is 2.13. The normalized spacial score (nSPS) is 16.5. The summed E-state index contributed by atoms with van der Waals surface area (Å²) in [6, 6.07) is 18.2. The molecule has 2 heterocycles. The van der Waals surface area contributed by atoms with Crippen LogP contribution in [0.4, 0.5) is 5.69 Å². The van der Waals surface area contributed by atoms with E-state index in [-0.39, 0.29) is 5.91 Å². The number of fused-ring (bicyclic) bond motifs is 1. The number of carbonyl (C=O) groups excluding carboxylic acids is 1. The van der Waals surface area contributed by atoms with Gasteiger partial charge in [-0.2, -0.15) is 0 Å². The molecule has 0 spiro atoms. The number of para-hydroxylation sites is 1. The second-order valence-electron chi connectivity index (χ2n) is 6.62. The molecule has 1 aliphatic rings. The molecule has 1 atom stereocenters. The van der Waals surface area contributed by atoms with Gasteiger partial charge in [0.1, 0.15) is 0 Å². The van der Waals surface area contributed by atoms with Gasteiger partial charge in [0.15, 0.2) is 0 Å². The van der Waals surface area contributed by atoms with Crippen LogP contribution in [-0.4, -0.2) is 43.7 Å². The average Bonchev–Trinajstić information content (AvgIpc) is 3.07. The maximum atomic E-state index is 13.0. The third kappa shape index (κ3) is 4.39. The molecule has 144 valence electrons. The van der Waals surface area contributed by atoms with Crippen LogP contribution in [0, 0.1) is 0 Å². The van der Waals surface area contributed by atoms with Gasteiger partial charge in [-0.25, -0.2) is 4.68 Å². The molecule has 1 aliphatic heterocycles. The zero-order chi connectivity index (χ0) is 19.3. The highest BCUT2D eigenvalue weighted by Crippen LogP contribution is 2.37. The zero-order valence-electron chi connectivity index (χ0n) is 15.6. The monoisotopic (exact) mass is 411 g/mol. The molecule has 0 aliphatic carbocycles. The first-order valence-electron chi connectivity index (χ1n) is 9.19. The Kier molecular flexibility index (Phi) is 5.97. The molecule has 0 fully saturated rings. The Hall–Kier alpha value is -2.32. The largest absolute Gasteiger partial charge is 0.311 e. The molecule has 1 aromatic heterocycles. The van der Waals surface area contributed by atoms with Crippen LogP contribution >= 0.6 is 23.5 Å². The highest BCUT2D eigenvalue weighted by molar-refractivity contribution is 8.00. The minimum atomic E-state index is 0.0846. The van der Waals surface area contributed by atoms with Crippen molar-refractivity contribution in [3.63, 3.8) is 0 Å². The number of amides is 1. The molecule has 8 heteroatoms. The van der Waals surface area contributed by atoms with E-state index in [1.165, 1.54) is 16.7 Å². The maximum Gasteiger partial charge on any atom is 0.237 e. The van der Waals surface area contributed by atoms with Gasteiger partial charge in [0, 0.05) is 16.7 Å². The number of hydrogen-bond donors (Lipinski definition) is 0. The Labute approximate surface area is 172 Å². The van der Waals surface area contributed by atoms with Crippen LogP contribution in [0.3, 0.4) is 0 Å². The number of carbonyl (C=O) groups is 1. The SMILES string of the molecule is CC1CCN(C(=O)CSc2nnnn2Cc2ccccc2)c2ccccc2S1. The molecule has 6 nitrogen and oxygen atoms in total. The molecule has 1 unspecified atom stereocenters. The first kappa shape index (κ1) is 19.0. The molecule has 0 saturated carbocycles. The lowest BCUT2D eigenvalue weighted by Crippen LogP contribution is -2.33. The third-order valence-electron chi connectivity index (χ3n) is 4.54. The summed E-state index contributed by atoms with van der Waals surface area (Å²) in [6.07, 6.45) is 0.974. The molecule has 3 aromatic rings. The Balaban J connectivity index is 1.45. The highest BCUT2D eigenvalue weighted by atomic mass is 32.2. The van der Waals surface area contributed by atoms with Crippen molar-refractivity contribution in [2.45, 2.75) is 35.2 Å². The summed E-state index contributed by atoms with van der Waals surface area (Å²) in [5.74, 6) is 0.393. The molecule has 1 amide bonds. The van der Waals surface area contributed by atoms with Crippen LogP contribution in [0.15, 0.2) is 64.6 Å². The predicted molar refractivity (Wildman–Crippen MR) is 113 cm³/mol. The fourth-order valence-corrected chi connectivity index (χ4v) is 4.97. The predicted octanol–water partition coefficient (Wildman–Crippen LogP) is 3.73. The van der Waals surface area contributed by atoms with E-state index in [1.54, 1.807) is 4.68 Å². The fourth-order valence-electron chi connectivity index (χ4n) is 3.11. The number of aromatic nitrogens is 4. The molecular formula is C20H21N5OS2. The van der Waals surface area contributed by atoms with Crippen molar-refractivity contribution in [3.05, 3.63) is 60.2 Å². The van der Waals surface area contributed by atoms with Gasteiger partial charge in [0.05, 0.1) is 18.0 Å². The Bertz CT molecular complexity index is 947. The van der Waals surface area contributed by atoms with E-state index < -0.39 is 0 Å². The van der Waals surface area contributed by atoms with Crippen molar-refractivity contribution < 1.29 is 4.79 Å². The van der Waals surface area contributed by atoms with Crippen molar-refractivity contribution in [1.82, 2.24) is 20.2 Å². The van der Waals surface area contributed by atoms with Crippen LogP contribution in [0.2, 0.25) is 0 Å². The van der Waals surface area contributed by atoms with Gasteiger partial charge in [-0.3, -0.25) is 4.79 Å². The number of thioether (sulfide) groups is 2. The zero-order valence-corrected chi connectivity index (χ0v) is 17.2. The minimum absolute atomic E-state index is 0.0846. The van der Waals surface area contributed by atoms with Crippen molar-refractivity contribution in [2.75, 3.05) is 17.2 Å².